The Hall–Kier alpha value is -2.04. The van der Waals surface area contributed by atoms with Crippen LogP contribution >= 0.6 is 0 Å². The summed E-state index contributed by atoms with van der Waals surface area (Å²) in [6, 6.07) is 4.45. The predicted molar refractivity (Wildman–Crippen MR) is 74.5 cm³/mol. The summed E-state index contributed by atoms with van der Waals surface area (Å²) in [5.74, 6) is -1.06. The third-order valence-electron chi connectivity index (χ3n) is 2.96. The van der Waals surface area contributed by atoms with Gasteiger partial charge in [0.05, 0.1) is 0 Å². The molecule has 104 valence electrons. The maximum Gasteiger partial charge on any atom is 0.325 e. The molecule has 0 bridgehead atoms. The normalized spacial score (nSPS) is 11.7. The molecule has 1 aromatic rings. The minimum atomic E-state index is -1.06. The van der Waals surface area contributed by atoms with Gasteiger partial charge < -0.3 is 15.7 Å². The Labute approximate surface area is 113 Å². The fraction of sp³-hybridized carbons (Fsp3) is 0.429. The molecular formula is C14H20N2O3. The van der Waals surface area contributed by atoms with Gasteiger partial charge in [-0.05, 0) is 30.9 Å². The second kappa shape index (κ2) is 6.78. The molecule has 5 heteroatoms. The van der Waals surface area contributed by atoms with Crippen molar-refractivity contribution in [3.05, 3.63) is 29.3 Å². The number of rotatable bonds is 5. The summed E-state index contributed by atoms with van der Waals surface area (Å²) in [6.45, 7) is 5.45. The first kappa shape index (κ1) is 15.0. The van der Waals surface area contributed by atoms with Crippen molar-refractivity contribution in [1.82, 2.24) is 5.32 Å². The topological polar surface area (TPSA) is 78.4 Å². The second-order valence-electron chi connectivity index (χ2n) is 4.32. The van der Waals surface area contributed by atoms with Crippen LogP contribution in [-0.4, -0.2) is 23.1 Å². The van der Waals surface area contributed by atoms with Gasteiger partial charge in [0.15, 0.2) is 0 Å². The minimum Gasteiger partial charge on any atom is -0.480 e. The van der Waals surface area contributed by atoms with Crippen molar-refractivity contribution in [3.63, 3.8) is 0 Å². The van der Waals surface area contributed by atoms with Crippen molar-refractivity contribution in [2.45, 2.75) is 39.7 Å². The van der Waals surface area contributed by atoms with Crippen LogP contribution in [0.1, 0.15) is 31.9 Å². The van der Waals surface area contributed by atoms with E-state index in [0.717, 1.165) is 29.7 Å². The Kier molecular flexibility index (Phi) is 5.36. The molecular weight excluding hydrogens is 244 g/mol. The number of carbonyl (C=O) groups excluding carboxylic acids is 1. The Balaban J connectivity index is 2.86. The highest BCUT2D eigenvalue weighted by molar-refractivity contribution is 5.93. The van der Waals surface area contributed by atoms with E-state index in [4.69, 9.17) is 5.11 Å². The Morgan fingerprint density at radius 1 is 1.21 bits per heavy atom. The van der Waals surface area contributed by atoms with Gasteiger partial charge >= 0.3 is 12.0 Å². The molecule has 19 heavy (non-hydrogen) atoms. The van der Waals surface area contributed by atoms with Crippen molar-refractivity contribution in [3.8, 4) is 0 Å². The molecule has 0 aliphatic carbocycles. The fourth-order valence-corrected chi connectivity index (χ4v) is 1.81. The number of anilines is 1. The summed E-state index contributed by atoms with van der Waals surface area (Å²) in [6.07, 6.45) is 1.61. The smallest absolute Gasteiger partial charge is 0.325 e. The summed E-state index contributed by atoms with van der Waals surface area (Å²) in [5, 5.41) is 13.9. The van der Waals surface area contributed by atoms with Gasteiger partial charge in [0.2, 0.25) is 0 Å². The molecule has 1 rings (SSSR count). The lowest BCUT2D eigenvalue weighted by Crippen LogP contribution is -2.41. The lowest BCUT2D eigenvalue weighted by atomic mass is 10.0. The maximum absolute atomic E-state index is 11.8. The Morgan fingerprint density at radius 3 is 2.16 bits per heavy atom. The first-order chi connectivity index (χ1) is 8.99. The molecule has 1 aromatic carbocycles. The zero-order chi connectivity index (χ0) is 14.4. The number of carbonyl (C=O) groups is 2. The van der Waals surface area contributed by atoms with Crippen molar-refractivity contribution in [1.29, 1.82) is 0 Å². The van der Waals surface area contributed by atoms with Crippen LogP contribution < -0.4 is 10.6 Å². The van der Waals surface area contributed by atoms with Crippen LogP contribution in [0.2, 0.25) is 0 Å². The lowest BCUT2D eigenvalue weighted by molar-refractivity contribution is -0.138. The Bertz CT molecular complexity index is 450. The van der Waals surface area contributed by atoms with Crippen LogP contribution in [0.5, 0.6) is 0 Å². The number of nitrogens with one attached hydrogen (secondary N) is 2. The molecule has 0 heterocycles. The van der Waals surface area contributed by atoms with E-state index in [1.54, 1.807) is 0 Å². The molecule has 5 nitrogen and oxygen atoms in total. The molecule has 1 atom stereocenters. The van der Waals surface area contributed by atoms with Crippen LogP contribution in [0.4, 0.5) is 10.5 Å². The van der Waals surface area contributed by atoms with Gasteiger partial charge in [0, 0.05) is 5.69 Å². The standard InChI is InChI=1S/C14H20N2O3/c1-4-10-7-6-8-11(5-2)12(10)16-14(19)15-9(3)13(17)18/h6-9H,4-5H2,1-3H3,(H,17,18)(H2,15,16,19). The maximum atomic E-state index is 11.8. The van der Waals surface area contributed by atoms with Gasteiger partial charge in [-0.2, -0.15) is 0 Å². The summed E-state index contributed by atoms with van der Waals surface area (Å²) in [4.78, 5) is 22.5. The fourth-order valence-electron chi connectivity index (χ4n) is 1.81. The summed E-state index contributed by atoms with van der Waals surface area (Å²) < 4.78 is 0. The number of carboxylic acids is 1. The van der Waals surface area contributed by atoms with Crippen molar-refractivity contribution in [2.24, 2.45) is 0 Å². The molecule has 0 aromatic heterocycles. The van der Waals surface area contributed by atoms with Crippen LogP contribution in [0.25, 0.3) is 0 Å². The lowest BCUT2D eigenvalue weighted by Gasteiger charge is -2.16. The first-order valence-corrected chi connectivity index (χ1v) is 6.40. The molecule has 0 saturated heterocycles. The SMILES string of the molecule is CCc1cccc(CC)c1NC(=O)NC(C)C(=O)O. The zero-order valence-corrected chi connectivity index (χ0v) is 11.5. The molecule has 0 aliphatic rings. The largest absolute Gasteiger partial charge is 0.480 e. The summed E-state index contributed by atoms with van der Waals surface area (Å²) in [7, 11) is 0. The van der Waals surface area contributed by atoms with E-state index in [9.17, 15) is 9.59 Å². The number of hydrogen-bond acceptors (Lipinski definition) is 2. The molecule has 0 saturated carbocycles. The third-order valence-corrected chi connectivity index (χ3v) is 2.96. The van der Waals surface area contributed by atoms with E-state index in [0.29, 0.717) is 0 Å². The van der Waals surface area contributed by atoms with Gasteiger partial charge in [0.1, 0.15) is 6.04 Å². The minimum absolute atomic E-state index is 0.495. The van der Waals surface area contributed by atoms with E-state index < -0.39 is 18.0 Å². The molecule has 0 aliphatic heterocycles. The molecule has 1 unspecified atom stereocenters. The van der Waals surface area contributed by atoms with E-state index in [1.165, 1.54) is 6.92 Å². The molecule has 0 radical (unpaired) electrons. The van der Waals surface area contributed by atoms with Crippen molar-refractivity contribution in [2.75, 3.05) is 5.32 Å². The predicted octanol–water partition coefficient (Wildman–Crippen LogP) is 2.41. The average Bonchev–Trinajstić information content (AvgIpc) is 2.38. The van der Waals surface area contributed by atoms with E-state index in [-0.39, 0.29) is 0 Å². The van der Waals surface area contributed by atoms with Gasteiger partial charge in [-0.25, -0.2) is 4.79 Å². The van der Waals surface area contributed by atoms with Crippen LogP contribution in [-0.2, 0) is 17.6 Å². The van der Waals surface area contributed by atoms with Crippen molar-refractivity contribution >= 4 is 17.7 Å². The highest BCUT2D eigenvalue weighted by Gasteiger charge is 2.15. The number of para-hydroxylation sites is 1. The molecule has 3 N–H and O–H groups in total. The average molecular weight is 264 g/mol. The van der Waals surface area contributed by atoms with E-state index >= 15 is 0 Å². The number of hydrogen-bond donors (Lipinski definition) is 3. The number of benzene rings is 1. The number of aliphatic carboxylic acids is 1. The quantitative estimate of drug-likeness (QED) is 0.764. The van der Waals surface area contributed by atoms with E-state index in [1.807, 2.05) is 32.0 Å². The third kappa shape index (κ3) is 3.98. The Morgan fingerprint density at radius 2 is 1.74 bits per heavy atom. The molecule has 0 spiro atoms. The molecule has 0 fully saturated rings. The number of urea groups is 1. The van der Waals surface area contributed by atoms with Crippen LogP contribution in [0.3, 0.4) is 0 Å². The highest BCUT2D eigenvalue weighted by Crippen LogP contribution is 2.22. The second-order valence-corrected chi connectivity index (χ2v) is 4.32. The van der Waals surface area contributed by atoms with Crippen molar-refractivity contribution < 1.29 is 14.7 Å². The summed E-state index contributed by atoms with van der Waals surface area (Å²) in [5.41, 5.74) is 2.86. The molecule has 2 amide bonds. The highest BCUT2D eigenvalue weighted by atomic mass is 16.4. The van der Waals surface area contributed by atoms with E-state index in [2.05, 4.69) is 10.6 Å². The summed E-state index contributed by atoms with van der Waals surface area (Å²) >= 11 is 0. The zero-order valence-electron chi connectivity index (χ0n) is 11.5. The first-order valence-electron chi connectivity index (χ1n) is 6.40. The van der Waals surface area contributed by atoms with Crippen LogP contribution in [0.15, 0.2) is 18.2 Å². The number of carboxylic acid groups (broad SMARTS) is 1. The van der Waals surface area contributed by atoms with Gasteiger partial charge in [-0.15, -0.1) is 0 Å². The monoisotopic (exact) mass is 264 g/mol. The van der Waals surface area contributed by atoms with Gasteiger partial charge in [-0.1, -0.05) is 32.0 Å². The van der Waals surface area contributed by atoms with Crippen LogP contribution in [0, 0.1) is 0 Å². The van der Waals surface area contributed by atoms with Gasteiger partial charge in [-0.3, -0.25) is 4.79 Å². The number of amides is 2. The number of aryl methyl sites for hydroxylation is 2. The van der Waals surface area contributed by atoms with Gasteiger partial charge in [0.25, 0.3) is 0 Å².